The Kier molecular flexibility index (Phi) is 3.81. The van der Waals surface area contributed by atoms with Crippen LogP contribution >= 0.6 is 22.6 Å². The molecule has 2 heteroatoms. The van der Waals surface area contributed by atoms with Crippen molar-refractivity contribution < 1.29 is 4.74 Å². The number of benzene rings is 1. The molecule has 80 valence electrons. The average Bonchev–Trinajstić information content (AvgIpc) is 2.61. The third kappa shape index (κ3) is 2.61. The van der Waals surface area contributed by atoms with Gasteiger partial charge in [0.05, 0.1) is 12.7 Å². The Bertz CT molecular complexity index is 356. The summed E-state index contributed by atoms with van der Waals surface area (Å²) in [5, 5.41) is 0. The minimum Gasteiger partial charge on any atom is -0.370 e. The zero-order valence-electron chi connectivity index (χ0n) is 8.87. The van der Waals surface area contributed by atoms with Gasteiger partial charge >= 0.3 is 0 Å². The van der Waals surface area contributed by atoms with Crippen LogP contribution in [0, 0.1) is 0 Å². The number of ether oxygens (including phenoxy) is 1. The molecule has 1 heterocycles. The Hall–Kier alpha value is -0.350. The number of alkyl halides is 1. The van der Waals surface area contributed by atoms with Gasteiger partial charge < -0.3 is 4.74 Å². The summed E-state index contributed by atoms with van der Waals surface area (Å²) < 4.78 is 6.75. The summed E-state index contributed by atoms with van der Waals surface area (Å²) >= 11 is 2.42. The van der Waals surface area contributed by atoms with Crippen LogP contribution in [0.25, 0.3) is 0 Å². The van der Waals surface area contributed by atoms with Gasteiger partial charge in [0.25, 0.3) is 0 Å². The Morgan fingerprint density at radius 2 is 2.07 bits per heavy atom. The number of halogens is 1. The molecule has 1 aliphatic rings. The summed E-state index contributed by atoms with van der Waals surface area (Å²) in [5.74, 6) is 0. The molecule has 0 saturated carbocycles. The summed E-state index contributed by atoms with van der Waals surface area (Å²) in [6, 6.07) is 10.6. The third-order valence-corrected chi connectivity index (χ3v) is 3.68. The summed E-state index contributed by atoms with van der Waals surface area (Å²) in [4.78, 5) is 0. The van der Waals surface area contributed by atoms with E-state index in [1.807, 2.05) is 0 Å². The molecule has 2 rings (SSSR count). The number of rotatable bonds is 3. The molecule has 0 N–H and O–H groups in total. The van der Waals surface area contributed by atoms with Crippen molar-refractivity contribution in [2.75, 3.05) is 11.0 Å². The van der Waals surface area contributed by atoms with Crippen molar-refractivity contribution in [1.82, 2.24) is 0 Å². The minimum atomic E-state index is 0.320. The van der Waals surface area contributed by atoms with Crippen LogP contribution in [0.4, 0.5) is 0 Å². The second kappa shape index (κ2) is 5.12. The van der Waals surface area contributed by atoms with Gasteiger partial charge in [0.1, 0.15) is 0 Å². The van der Waals surface area contributed by atoms with Crippen LogP contribution in [0.2, 0.25) is 0 Å². The first kappa shape index (κ1) is 11.1. The van der Waals surface area contributed by atoms with Gasteiger partial charge in [-0.1, -0.05) is 52.9 Å². The first-order valence-corrected chi connectivity index (χ1v) is 6.76. The normalized spacial score (nSPS) is 21.1. The SMILES string of the molecule is CC1OCC(Cc2ccccc2)=C1CI. The molecule has 0 radical (unpaired) electrons. The van der Waals surface area contributed by atoms with E-state index in [-0.39, 0.29) is 0 Å². The Labute approximate surface area is 105 Å². The van der Waals surface area contributed by atoms with Crippen LogP contribution in [0.15, 0.2) is 41.5 Å². The van der Waals surface area contributed by atoms with Gasteiger partial charge in [0, 0.05) is 4.43 Å². The highest BCUT2D eigenvalue weighted by molar-refractivity contribution is 14.1. The maximum atomic E-state index is 5.66. The Morgan fingerprint density at radius 1 is 1.33 bits per heavy atom. The molecule has 1 aliphatic heterocycles. The molecule has 1 unspecified atom stereocenters. The molecular formula is C13H15IO. The van der Waals surface area contributed by atoms with Crippen LogP contribution in [0.5, 0.6) is 0 Å². The van der Waals surface area contributed by atoms with Crippen molar-refractivity contribution in [3.63, 3.8) is 0 Å². The van der Waals surface area contributed by atoms with E-state index in [4.69, 9.17) is 4.74 Å². The molecular weight excluding hydrogens is 299 g/mol. The second-order valence-electron chi connectivity index (χ2n) is 3.88. The van der Waals surface area contributed by atoms with Gasteiger partial charge in [-0.2, -0.15) is 0 Å². The highest BCUT2D eigenvalue weighted by atomic mass is 127. The van der Waals surface area contributed by atoms with E-state index in [0.29, 0.717) is 6.10 Å². The van der Waals surface area contributed by atoms with E-state index >= 15 is 0 Å². The summed E-state index contributed by atoms with van der Waals surface area (Å²) in [7, 11) is 0. The van der Waals surface area contributed by atoms with Crippen molar-refractivity contribution in [1.29, 1.82) is 0 Å². The van der Waals surface area contributed by atoms with Crippen molar-refractivity contribution in [2.45, 2.75) is 19.4 Å². The topological polar surface area (TPSA) is 9.23 Å². The fourth-order valence-corrected chi connectivity index (χ4v) is 3.08. The van der Waals surface area contributed by atoms with Crippen LogP contribution in [-0.2, 0) is 11.2 Å². The standard InChI is InChI=1S/C13H15IO/c1-10-13(8-14)12(9-15-10)7-11-5-3-2-4-6-11/h2-6,10H,7-9H2,1H3. The lowest BCUT2D eigenvalue weighted by Gasteiger charge is -2.06. The van der Waals surface area contributed by atoms with E-state index in [1.165, 1.54) is 16.7 Å². The predicted molar refractivity (Wildman–Crippen MR) is 71.5 cm³/mol. The second-order valence-corrected chi connectivity index (χ2v) is 4.64. The molecule has 1 nitrogen and oxygen atoms in total. The maximum Gasteiger partial charge on any atom is 0.0772 e. The van der Waals surface area contributed by atoms with Crippen LogP contribution in [0.3, 0.4) is 0 Å². The molecule has 1 aromatic carbocycles. The van der Waals surface area contributed by atoms with E-state index in [0.717, 1.165) is 17.5 Å². The molecule has 1 aromatic rings. The molecule has 0 aliphatic carbocycles. The van der Waals surface area contributed by atoms with Crippen LogP contribution in [-0.4, -0.2) is 17.1 Å². The Balaban J connectivity index is 2.15. The molecule has 0 fully saturated rings. The molecule has 0 spiro atoms. The average molecular weight is 314 g/mol. The van der Waals surface area contributed by atoms with Crippen LogP contribution in [0.1, 0.15) is 12.5 Å². The predicted octanol–water partition coefficient (Wildman–Crippen LogP) is 3.38. The van der Waals surface area contributed by atoms with Gasteiger partial charge in [0.15, 0.2) is 0 Å². The largest absolute Gasteiger partial charge is 0.370 e. The van der Waals surface area contributed by atoms with Crippen molar-refractivity contribution in [3.05, 3.63) is 47.0 Å². The van der Waals surface area contributed by atoms with E-state index in [1.54, 1.807) is 0 Å². The third-order valence-electron chi connectivity index (χ3n) is 2.86. The summed E-state index contributed by atoms with van der Waals surface area (Å²) in [5.41, 5.74) is 4.34. The van der Waals surface area contributed by atoms with Crippen LogP contribution < -0.4 is 0 Å². The number of hydrogen-bond acceptors (Lipinski definition) is 1. The van der Waals surface area contributed by atoms with E-state index in [9.17, 15) is 0 Å². The Morgan fingerprint density at radius 3 is 2.73 bits per heavy atom. The highest BCUT2D eigenvalue weighted by Crippen LogP contribution is 2.25. The van der Waals surface area contributed by atoms with E-state index < -0.39 is 0 Å². The maximum absolute atomic E-state index is 5.66. The fraction of sp³-hybridized carbons (Fsp3) is 0.385. The van der Waals surface area contributed by atoms with Gasteiger partial charge in [-0.3, -0.25) is 0 Å². The van der Waals surface area contributed by atoms with E-state index in [2.05, 4.69) is 59.8 Å². The summed E-state index contributed by atoms with van der Waals surface area (Å²) in [6.45, 7) is 2.96. The van der Waals surface area contributed by atoms with Gasteiger partial charge in [-0.05, 0) is 30.1 Å². The molecule has 0 bridgehead atoms. The summed E-state index contributed by atoms with van der Waals surface area (Å²) in [6.07, 6.45) is 1.37. The molecule has 0 amide bonds. The smallest absolute Gasteiger partial charge is 0.0772 e. The quantitative estimate of drug-likeness (QED) is 0.472. The lowest BCUT2D eigenvalue weighted by Crippen LogP contribution is -2.04. The lowest BCUT2D eigenvalue weighted by molar-refractivity contribution is 0.133. The van der Waals surface area contributed by atoms with Crippen molar-refractivity contribution in [2.24, 2.45) is 0 Å². The lowest BCUT2D eigenvalue weighted by atomic mass is 10.0. The number of hydrogen-bond donors (Lipinski definition) is 0. The van der Waals surface area contributed by atoms with Crippen molar-refractivity contribution >= 4 is 22.6 Å². The molecule has 0 aromatic heterocycles. The molecule has 0 saturated heterocycles. The molecule has 1 atom stereocenters. The minimum absolute atomic E-state index is 0.320. The van der Waals surface area contributed by atoms with Gasteiger partial charge in [0.2, 0.25) is 0 Å². The zero-order valence-corrected chi connectivity index (χ0v) is 11.0. The fourth-order valence-electron chi connectivity index (χ4n) is 1.92. The highest BCUT2D eigenvalue weighted by Gasteiger charge is 2.21. The first-order chi connectivity index (χ1) is 7.31. The van der Waals surface area contributed by atoms with Gasteiger partial charge in [-0.25, -0.2) is 0 Å². The van der Waals surface area contributed by atoms with Gasteiger partial charge in [-0.15, -0.1) is 0 Å². The molecule has 15 heavy (non-hydrogen) atoms. The zero-order chi connectivity index (χ0) is 10.7. The first-order valence-electron chi connectivity index (χ1n) is 5.23. The monoisotopic (exact) mass is 314 g/mol. The van der Waals surface area contributed by atoms with Crippen molar-refractivity contribution in [3.8, 4) is 0 Å².